The van der Waals surface area contributed by atoms with Crippen molar-refractivity contribution in [3.05, 3.63) is 0 Å². The Morgan fingerprint density at radius 2 is 2.25 bits per heavy atom. The van der Waals surface area contributed by atoms with Crippen molar-refractivity contribution < 1.29 is 0 Å². The van der Waals surface area contributed by atoms with Crippen LogP contribution in [0.1, 0.15) is 33.1 Å². The molecule has 0 fully saturated rings. The van der Waals surface area contributed by atoms with Crippen LogP contribution in [0.25, 0.3) is 0 Å². The molecule has 0 radical (unpaired) electrons. The van der Waals surface area contributed by atoms with Crippen LogP contribution in [0.3, 0.4) is 0 Å². The Morgan fingerprint density at radius 3 is 2.88 bits per heavy atom. The molecule has 0 saturated heterocycles. The van der Waals surface area contributed by atoms with Gasteiger partial charge in [0, 0.05) is 18.8 Å². The number of nitrogens with zero attached hydrogens (tertiary/aromatic N) is 4. The summed E-state index contributed by atoms with van der Waals surface area (Å²) in [4.78, 5) is 0. The Labute approximate surface area is 101 Å². The Kier molecular flexibility index (Phi) is 6.40. The molecule has 1 aromatic rings. The number of thioether (sulfide) groups is 1. The van der Waals surface area contributed by atoms with Gasteiger partial charge in [-0.25, -0.2) is 4.68 Å². The first-order chi connectivity index (χ1) is 7.74. The topological polar surface area (TPSA) is 55.6 Å². The number of rotatable bonds is 8. The summed E-state index contributed by atoms with van der Waals surface area (Å²) in [7, 11) is 1.86. The second kappa shape index (κ2) is 7.62. The number of aromatic nitrogens is 4. The van der Waals surface area contributed by atoms with Crippen molar-refractivity contribution in [1.82, 2.24) is 25.5 Å². The van der Waals surface area contributed by atoms with Crippen LogP contribution in [-0.4, -0.2) is 38.5 Å². The van der Waals surface area contributed by atoms with E-state index in [2.05, 4.69) is 34.7 Å². The Morgan fingerprint density at radius 1 is 1.44 bits per heavy atom. The van der Waals surface area contributed by atoms with Crippen LogP contribution < -0.4 is 5.32 Å². The first kappa shape index (κ1) is 13.4. The first-order valence-corrected chi connectivity index (χ1v) is 6.71. The van der Waals surface area contributed by atoms with E-state index in [9.17, 15) is 0 Å². The van der Waals surface area contributed by atoms with Crippen LogP contribution >= 0.6 is 11.8 Å². The molecule has 1 rings (SSSR count). The molecule has 1 atom stereocenters. The van der Waals surface area contributed by atoms with Gasteiger partial charge < -0.3 is 5.32 Å². The maximum absolute atomic E-state index is 3.95. The molecule has 1 N–H and O–H groups in total. The van der Waals surface area contributed by atoms with Crippen molar-refractivity contribution in [2.24, 2.45) is 7.05 Å². The highest BCUT2D eigenvalue weighted by molar-refractivity contribution is 7.99. The third-order valence-electron chi connectivity index (χ3n) is 2.28. The van der Waals surface area contributed by atoms with Crippen molar-refractivity contribution in [3.8, 4) is 0 Å². The monoisotopic (exact) mass is 243 g/mol. The summed E-state index contributed by atoms with van der Waals surface area (Å²) < 4.78 is 1.71. The van der Waals surface area contributed by atoms with Gasteiger partial charge in [-0.05, 0) is 23.4 Å². The molecule has 0 spiro atoms. The Hall–Kier alpha value is -0.620. The average molecular weight is 243 g/mol. The summed E-state index contributed by atoms with van der Waals surface area (Å²) in [5, 5.41) is 16.2. The normalized spacial score (nSPS) is 12.9. The van der Waals surface area contributed by atoms with Crippen molar-refractivity contribution in [1.29, 1.82) is 0 Å². The maximum Gasteiger partial charge on any atom is 0.209 e. The van der Waals surface area contributed by atoms with Gasteiger partial charge in [0.05, 0.1) is 0 Å². The summed E-state index contributed by atoms with van der Waals surface area (Å²) in [5.41, 5.74) is 0. The van der Waals surface area contributed by atoms with Gasteiger partial charge in [-0.2, -0.15) is 0 Å². The van der Waals surface area contributed by atoms with E-state index in [1.54, 1.807) is 16.4 Å². The molecule has 0 aromatic carbocycles. The van der Waals surface area contributed by atoms with E-state index < -0.39 is 0 Å². The summed E-state index contributed by atoms with van der Waals surface area (Å²) in [6, 6.07) is 0. The molecule has 0 amide bonds. The highest BCUT2D eigenvalue weighted by Gasteiger charge is 2.08. The highest BCUT2D eigenvalue weighted by atomic mass is 32.2. The molecule has 0 aliphatic carbocycles. The average Bonchev–Trinajstić information content (AvgIpc) is 2.64. The number of hydrogen-bond donors (Lipinski definition) is 1. The molecule has 6 heteroatoms. The molecular weight excluding hydrogens is 222 g/mol. The second-order valence-corrected chi connectivity index (χ2v) is 5.33. The first-order valence-electron chi connectivity index (χ1n) is 5.83. The minimum Gasteiger partial charge on any atom is -0.316 e. The van der Waals surface area contributed by atoms with Crippen LogP contribution in [0, 0.1) is 0 Å². The summed E-state index contributed by atoms with van der Waals surface area (Å²) in [5.74, 6) is 0. The number of aryl methyl sites for hydroxylation is 1. The lowest BCUT2D eigenvalue weighted by Gasteiger charge is -2.10. The largest absolute Gasteiger partial charge is 0.316 e. The van der Waals surface area contributed by atoms with Gasteiger partial charge in [0.15, 0.2) is 0 Å². The molecule has 1 aromatic heterocycles. The molecule has 92 valence electrons. The van der Waals surface area contributed by atoms with Crippen LogP contribution in [-0.2, 0) is 7.05 Å². The van der Waals surface area contributed by atoms with Gasteiger partial charge >= 0.3 is 0 Å². The highest BCUT2D eigenvalue weighted by Crippen LogP contribution is 2.18. The summed E-state index contributed by atoms with van der Waals surface area (Å²) >= 11 is 1.70. The fourth-order valence-corrected chi connectivity index (χ4v) is 2.18. The van der Waals surface area contributed by atoms with Crippen molar-refractivity contribution in [2.75, 3.05) is 13.1 Å². The zero-order chi connectivity index (χ0) is 11.8. The Balaban J connectivity index is 2.11. The Bertz CT molecular complexity index is 288. The third kappa shape index (κ3) is 4.94. The number of unbranched alkanes of at least 4 members (excludes halogenated alkanes) is 2. The van der Waals surface area contributed by atoms with Gasteiger partial charge in [0.2, 0.25) is 5.16 Å². The van der Waals surface area contributed by atoms with Crippen molar-refractivity contribution >= 4 is 11.8 Å². The lowest BCUT2D eigenvalue weighted by molar-refractivity contribution is 0.613. The van der Waals surface area contributed by atoms with Gasteiger partial charge in [0.25, 0.3) is 0 Å². The summed E-state index contributed by atoms with van der Waals surface area (Å²) in [6.45, 7) is 6.52. The molecule has 5 nitrogen and oxygen atoms in total. The quantitative estimate of drug-likeness (QED) is 0.553. The zero-order valence-electron chi connectivity index (χ0n) is 10.3. The van der Waals surface area contributed by atoms with Crippen molar-refractivity contribution in [2.45, 2.75) is 43.5 Å². The molecule has 1 heterocycles. The zero-order valence-corrected chi connectivity index (χ0v) is 11.1. The van der Waals surface area contributed by atoms with E-state index in [0.717, 1.165) is 18.2 Å². The van der Waals surface area contributed by atoms with Crippen LogP contribution in [0.5, 0.6) is 0 Å². The smallest absolute Gasteiger partial charge is 0.209 e. The molecule has 1 unspecified atom stereocenters. The molecule has 0 bridgehead atoms. The molecule has 16 heavy (non-hydrogen) atoms. The van der Waals surface area contributed by atoms with E-state index in [0.29, 0.717) is 5.25 Å². The third-order valence-corrected chi connectivity index (χ3v) is 3.40. The minimum absolute atomic E-state index is 0.492. The predicted molar refractivity (Wildman–Crippen MR) is 66.5 cm³/mol. The molecule has 0 aliphatic heterocycles. The maximum atomic E-state index is 3.95. The molecule has 0 saturated carbocycles. The number of hydrogen-bond acceptors (Lipinski definition) is 5. The van der Waals surface area contributed by atoms with E-state index in [1.165, 1.54) is 19.3 Å². The van der Waals surface area contributed by atoms with Crippen LogP contribution in [0.2, 0.25) is 0 Å². The second-order valence-electron chi connectivity index (χ2n) is 3.92. The lowest BCUT2D eigenvalue weighted by Crippen LogP contribution is -2.24. The predicted octanol–water partition coefficient (Wildman–Crippen LogP) is 1.47. The van der Waals surface area contributed by atoms with Crippen LogP contribution in [0.15, 0.2) is 5.16 Å². The number of nitrogens with one attached hydrogen (secondary N) is 1. The summed E-state index contributed by atoms with van der Waals surface area (Å²) in [6.07, 6.45) is 3.84. The fraction of sp³-hybridized carbons (Fsp3) is 0.900. The van der Waals surface area contributed by atoms with Gasteiger partial charge in [-0.3, -0.25) is 0 Å². The van der Waals surface area contributed by atoms with Gasteiger partial charge in [-0.1, -0.05) is 38.5 Å². The van der Waals surface area contributed by atoms with Crippen molar-refractivity contribution in [3.63, 3.8) is 0 Å². The van der Waals surface area contributed by atoms with E-state index in [1.807, 2.05) is 7.05 Å². The van der Waals surface area contributed by atoms with Gasteiger partial charge in [0.1, 0.15) is 0 Å². The van der Waals surface area contributed by atoms with Crippen LogP contribution in [0.4, 0.5) is 0 Å². The van der Waals surface area contributed by atoms with E-state index in [4.69, 9.17) is 0 Å². The van der Waals surface area contributed by atoms with E-state index in [-0.39, 0.29) is 0 Å². The molecular formula is C10H21N5S. The number of tetrazole rings is 1. The minimum atomic E-state index is 0.492. The standard InChI is InChI=1S/C10H21N5S/c1-4-5-6-7-11-8-9(2)16-10-12-13-14-15(10)3/h9,11H,4-8H2,1-3H3. The van der Waals surface area contributed by atoms with E-state index >= 15 is 0 Å². The lowest BCUT2D eigenvalue weighted by atomic mass is 10.2. The molecule has 0 aliphatic rings. The van der Waals surface area contributed by atoms with Gasteiger partial charge in [-0.15, -0.1) is 5.10 Å². The fourth-order valence-electron chi connectivity index (χ4n) is 1.35. The SMILES string of the molecule is CCCCCNCC(C)Sc1nnnn1C.